The van der Waals surface area contributed by atoms with Crippen molar-refractivity contribution in [2.75, 3.05) is 6.61 Å². The first kappa shape index (κ1) is 13.9. The molecule has 19 heavy (non-hydrogen) atoms. The molecule has 0 bridgehead atoms. The van der Waals surface area contributed by atoms with Gasteiger partial charge in [0.1, 0.15) is 5.75 Å². The van der Waals surface area contributed by atoms with Crippen molar-refractivity contribution in [2.24, 2.45) is 5.73 Å². The zero-order chi connectivity index (χ0) is 13.9. The first-order valence-corrected chi connectivity index (χ1v) is 6.70. The van der Waals surface area contributed by atoms with Crippen LogP contribution in [0.2, 0.25) is 5.02 Å². The molecule has 0 aliphatic carbocycles. The van der Waals surface area contributed by atoms with Crippen molar-refractivity contribution in [1.82, 2.24) is 0 Å². The highest BCUT2D eigenvalue weighted by Crippen LogP contribution is 2.33. The van der Waals surface area contributed by atoms with Gasteiger partial charge in [0.2, 0.25) is 0 Å². The molecule has 0 radical (unpaired) electrons. The van der Waals surface area contributed by atoms with E-state index >= 15 is 0 Å². The van der Waals surface area contributed by atoms with E-state index in [4.69, 9.17) is 22.1 Å². The molecule has 0 aliphatic heterocycles. The molecular formula is C16H18ClNO. The molecule has 1 unspecified atom stereocenters. The lowest BCUT2D eigenvalue weighted by atomic mass is 9.85. The molecular weight excluding hydrogens is 258 g/mol. The fourth-order valence-electron chi connectivity index (χ4n) is 2.11. The molecule has 0 fully saturated rings. The zero-order valence-electron chi connectivity index (χ0n) is 11.2. The van der Waals surface area contributed by atoms with E-state index in [0.717, 1.165) is 16.9 Å². The number of hydrogen-bond donors (Lipinski definition) is 1. The summed E-state index contributed by atoms with van der Waals surface area (Å²) in [5.41, 5.74) is 7.72. The number of hydrogen-bond acceptors (Lipinski definition) is 2. The number of ether oxygens (including phenoxy) is 1. The second-order valence-electron chi connectivity index (χ2n) is 4.64. The molecule has 100 valence electrons. The van der Waals surface area contributed by atoms with Gasteiger partial charge in [0, 0.05) is 5.02 Å². The molecule has 1 atom stereocenters. The van der Waals surface area contributed by atoms with Gasteiger partial charge in [0.25, 0.3) is 0 Å². The van der Waals surface area contributed by atoms with Gasteiger partial charge in [0.15, 0.2) is 0 Å². The average Bonchev–Trinajstić information content (AvgIpc) is 2.40. The molecule has 0 spiro atoms. The van der Waals surface area contributed by atoms with Crippen LogP contribution in [0.25, 0.3) is 0 Å². The van der Waals surface area contributed by atoms with E-state index in [9.17, 15) is 0 Å². The average molecular weight is 276 g/mol. The third-order valence-corrected chi connectivity index (χ3v) is 3.51. The maximum Gasteiger partial charge on any atom is 0.119 e. The first-order valence-electron chi connectivity index (χ1n) is 6.33. The summed E-state index contributed by atoms with van der Waals surface area (Å²) in [6, 6.07) is 15.5. The summed E-state index contributed by atoms with van der Waals surface area (Å²) in [7, 11) is 0. The van der Waals surface area contributed by atoms with Gasteiger partial charge >= 0.3 is 0 Å². The quantitative estimate of drug-likeness (QED) is 0.917. The molecule has 2 aromatic rings. The van der Waals surface area contributed by atoms with E-state index in [-0.39, 0.29) is 0 Å². The van der Waals surface area contributed by atoms with E-state index in [1.165, 1.54) is 0 Å². The van der Waals surface area contributed by atoms with Crippen LogP contribution in [0.4, 0.5) is 0 Å². The summed E-state index contributed by atoms with van der Waals surface area (Å²) in [6.07, 6.45) is 0. The van der Waals surface area contributed by atoms with E-state index in [2.05, 4.69) is 0 Å². The molecule has 2 nitrogen and oxygen atoms in total. The fraction of sp³-hybridized carbons (Fsp3) is 0.250. The smallest absolute Gasteiger partial charge is 0.119 e. The second kappa shape index (κ2) is 5.64. The molecule has 0 amide bonds. The van der Waals surface area contributed by atoms with Crippen molar-refractivity contribution in [1.29, 1.82) is 0 Å². The normalized spacial score (nSPS) is 13.9. The van der Waals surface area contributed by atoms with Crippen molar-refractivity contribution in [2.45, 2.75) is 19.4 Å². The van der Waals surface area contributed by atoms with Crippen molar-refractivity contribution >= 4 is 11.6 Å². The molecule has 0 aromatic heterocycles. The van der Waals surface area contributed by atoms with Gasteiger partial charge in [-0.25, -0.2) is 0 Å². The third kappa shape index (κ3) is 2.91. The Kier molecular flexibility index (Phi) is 4.13. The standard InChI is InChI=1S/C16H18ClNO/c1-3-19-13-8-6-7-12(11-13)16(2,18)14-9-4-5-10-15(14)17/h4-11H,3,18H2,1-2H3. The highest BCUT2D eigenvalue weighted by atomic mass is 35.5. The largest absolute Gasteiger partial charge is 0.494 e. The number of rotatable bonds is 4. The van der Waals surface area contributed by atoms with E-state index in [1.54, 1.807) is 0 Å². The topological polar surface area (TPSA) is 35.2 Å². The van der Waals surface area contributed by atoms with Crippen LogP contribution in [0.5, 0.6) is 5.75 Å². The van der Waals surface area contributed by atoms with Crippen LogP contribution in [0, 0.1) is 0 Å². The van der Waals surface area contributed by atoms with Crippen LogP contribution in [-0.4, -0.2) is 6.61 Å². The highest BCUT2D eigenvalue weighted by Gasteiger charge is 2.26. The van der Waals surface area contributed by atoms with Crippen LogP contribution in [0.1, 0.15) is 25.0 Å². The van der Waals surface area contributed by atoms with E-state index in [1.807, 2.05) is 62.4 Å². The predicted octanol–water partition coefficient (Wildman–Crippen LogP) is 3.96. The minimum Gasteiger partial charge on any atom is -0.494 e. The summed E-state index contributed by atoms with van der Waals surface area (Å²) in [5.74, 6) is 0.823. The van der Waals surface area contributed by atoms with Crippen LogP contribution in [-0.2, 0) is 5.54 Å². The SMILES string of the molecule is CCOc1cccc(C(C)(N)c2ccccc2Cl)c1. The number of benzene rings is 2. The summed E-state index contributed by atoms with van der Waals surface area (Å²) < 4.78 is 5.52. The fourth-order valence-corrected chi connectivity index (χ4v) is 2.45. The lowest BCUT2D eigenvalue weighted by Gasteiger charge is -2.27. The molecule has 3 heteroatoms. The Morgan fingerprint density at radius 1 is 1.16 bits per heavy atom. The molecule has 0 heterocycles. The van der Waals surface area contributed by atoms with Crippen LogP contribution >= 0.6 is 11.6 Å². The van der Waals surface area contributed by atoms with Crippen molar-refractivity contribution in [3.05, 3.63) is 64.7 Å². The van der Waals surface area contributed by atoms with Gasteiger partial charge in [-0.3, -0.25) is 0 Å². The van der Waals surface area contributed by atoms with Gasteiger partial charge in [-0.15, -0.1) is 0 Å². The Hall–Kier alpha value is -1.51. The Labute approximate surface area is 119 Å². The molecule has 0 saturated carbocycles. The maximum atomic E-state index is 6.49. The Balaban J connectivity index is 2.44. The minimum absolute atomic E-state index is 0.636. The van der Waals surface area contributed by atoms with Crippen LogP contribution in [0.3, 0.4) is 0 Å². The van der Waals surface area contributed by atoms with Gasteiger partial charge in [-0.1, -0.05) is 41.9 Å². The lowest BCUT2D eigenvalue weighted by Crippen LogP contribution is -2.34. The van der Waals surface area contributed by atoms with Crippen molar-refractivity contribution in [3.63, 3.8) is 0 Å². The summed E-state index contributed by atoms with van der Waals surface area (Å²) in [4.78, 5) is 0. The Morgan fingerprint density at radius 2 is 1.89 bits per heavy atom. The van der Waals surface area contributed by atoms with Crippen LogP contribution < -0.4 is 10.5 Å². The summed E-state index contributed by atoms with van der Waals surface area (Å²) >= 11 is 6.25. The monoisotopic (exact) mass is 275 g/mol. The lowest BCUT2D eigenvalue weighted by molar-refractivity contribution is 0.339. The van der Waals surface area contributed by atoms with E-state index in [0.29, 0.717) is 11.6 Å². The van der Waals surface area contributed by atoms with Crippen molar-refractivity contribution < 1.29 is 4.74 Å². The number of halogens is 1. The molecule has 2 rings (SSSR count). The second-order valence-corrected chi connectivity index (χ2v) is 5.05. The van der Waals surface area contributed by atoms with Gasteiger partial charge in [-0.2, -0.15) is 0 Å². The van der Waals surface area contributed by atoms with E-state index < -0.39 is 5.54 Å². The summed E-state index contributed by atoms with van der Waals surface area (Å²) in [6.45, 7) is 4.55. The minimum atomic E-state index is -0.647. The Morgan fingerprint density at radius 3 is 2.58 bits per heavy atom. The predicted molar refractivity (Wildman–Crippen MR) is 79.7 cm³/mol. The molecule has 0 aliphatic rings. The Bertz CT molecular complexity index is 566. The van der Waals surface area contributed by atoms with Gasteiger partial charge in [0.05, 0.1) is 12.1 Å². The highest BCUT2D eigenvalue weighted by molar-refractivity contribution is 6.31. The maximum absolute atomic E-state index is 6.49. The molecule has 2 N–H and O–H groups in total. The van der Waals surface area contributed by atoms with Crippen LogP contribution in [0.15, 0.2) is 48.5 Å². The number of nitrogens with two attached hydrogens (primary N) is 1. The zero-order valence-corrected chi connectivity index (χ0v) is 11.9. The van der Waals surface area contributed by atoms with Crippen molar-refractivity contribution in [3.8, 4) is 5.75 Å². The third-order valence-electron chi connectivity index (χ3n) is 3.18. The van der Waals surface area contributed by atoms with Gasteiger partial charge in [-0.05, 0) is 43.2 Å². The molecule has 0 saturated heterocycles. The van der Waals surface area contributed by atoms with Gasteiger partial charge < -0.3 is 10.5 Å². The summed E-state index contributed by atoms with van der Waals surface area (Å²) in [5, 5.41) is 0.675. The first-order chi connectivity index (χ1) is 9.05. The molecule has 2 aromatic carbocycles.